The van der Waals surface area contributed by atoms with Gasteiger partial charge in [0.25, 0.3) is 5.91 Å². The third kappa shape index (κ3) is 4.95. The Morgan fingerprint density at radius 2 is 1.61 bits per heavy atom. The lowest BCUT2D eigenvalue weighted by Crippen LogP contribution is -2.16. The summed E-state index contributed by atoms with van der Waals surface area (Å²) in [6, 6.07) is 11.2. The summed E-state index contributed by atoms with van der Waals surface area (Å²) in [7, 11) is 0. The van der Waals surface area contributed by atoms with Crippen molar-refractivity contribution in [3.05, 3.63) is 88.2 Å². The highest BCUT2D eigenvalue weighted by atomic mass is 35.5. The highest BCUT2D eigenvalue weighted by Gasteiger charge is 2.37. The number of carbonyl (C=O) groups is 2. The fourth-order valence-electron chi connectivity index (χ4n) is 2.62. The van der Waals surface area contributed by atoms with Crippen molar-refractivity contribution in [1.29, 1.82) is 0 Å². The van der Waals surface area contributed by atoms with Crippen molar-refractivity contribution in [2.45, 2.75) is 6.18 Å². The topological polar surface area (TPSA) is 75.6 Å². The number of nitrogens with one attached hydrogen (secondary N) is 1. The molecule has 2 N–H and O–H groups in total. The number of hydrogen-bond donors (Lipinski definition) is 2. The van der Waals surface area contributed by atoms with E-state index in [4.69, 9.17) is 21.4 Å². The molecule has 3 rings (SSSR count). The first-order chi connectivity index (χ1) is 14.6. The number of aromatic carboxylic acids is 1. The Morgan fingerprint density at radius 3 is 2.23 bits per heavy atom. The molecule has 0 atom stereocenters. The summed E-state index contributed by atoms with van der Waals surface area (Å²) >= 11 is 5.78. The van der Waals surface area contributed by atoms with E-state index in [1.165, 1.54) is 30.3 Å². The molecule has 5 nitrogen and oxygen atoms in total. The van der Waals surface area contributed by atoms with Gasteiger partial charge in [0.1, 0.15) is 16.6 Å². The number of anilines is 1. The van der Waals surface area contributed by atoms with Gasteiger partial charge >= 0.3 is 12.1 Å². The molecule has 31 heavy (non-hydrogen) atoms. The fraction of sp³-hybridized carbons (Fsp3) is 0.0476. The van der Waals surface area contributed by atoms with Gasteiger partial charge in [0.2, 0.25) is 0 Å². The molecule has 0 aliphatic rings. The number of benzene rings is 3. The van der Waals surface area contributed by atoms with Gasteiger partial charge in [-0.25, -0.2) is 9.18 Å². The van der Waals surface area contributed by atoms with Gasteiger partial charge in [-0.2, -0.15) is 13.2 Å². The smallest absolute Gasteiger partial charge is 0.420 e. The molecule has 0 heterocycles. The number of halogens is 5. The number of carboxylic acids is 1. The highest BCUT2D eigenvalue weighted by Crippen LogP contribution is 2.42. The second-order valence-corrected chi connectivity index (χ2v) is 6.55. The summed E-state index contributed by atoms with van der Waals surface area (Å²) in [4.78, 5) is 23.6. The molecule has 160 valence electrons. The van der Waals surface area contributed by atoms with E-state index in [1.807, 2.05) is 0 Å². The van der Waals surface area contributed by atoms with Crippen molar-refractivity contribution in [2.75, 3.05) is 5.32 Å². The zero-order valence-electron chi connectivity index (χ0n) is 15.3. The van der Waals surface area contributed by atoms with Crippen molar-refractivity contribution in [1.82, 2.24) is 0 Å². The molecule has 3 aromatic rings. The maximum Gasteiger partial charge on any atom is 0.420 e. The predicted molar refractivity (Wildman–Crippen MR) is 104 cm³/mol. The number of hydrogen-bond acceptors (Lipinski definition) is 3. The second kappa shape index (κ2) is 8.65. The summed E-state index contributed by atoms with van der Waals surface area (Å²) in [5, 5.41) is 10.7. The van der Waals surface area contributed by atoms with E-state index in [9.17, 15) is 27.2 Å². The molecule has 0 radical (unpaired) electrons. The molecule has 0 aromatic heterocycles. The molecule has 0 unspecified atom stereocenters. The lowest BCUT2D eigenvalue weighted by atomic mass is 10.1. The summed E-state index contributed by atoms with van der Waals surface area (Å²) in [6.45, 7) is 0. The Balaban J connectivity index is 2.02. The molecule has 0 aliphatic heterocycles. The average molecular weight is 454 g/mol. The van der Waals surface area contributed by atoms with Crippen molar-refractivity contribution in [2.24, 2.45) is 0 Å². The van der Waals surface area contributed by atoms with Crippen LogP contribution in [0.3, 0.4) is 0 Å². The number of alkyl halides is 3. The molecule has 0 fully saturated rings. The number of ether oxygens (including phenoxy) is 1. The van der Waals surface area contributed by atoms with Gasteiger partial charge in [-0.1, -0.05) is 23.7 Å². The lowest BCUT2D eigenvalue weighted by molar-refractivity contribution is -0.138. The number of rotatable bonds is 5. The van der Waals surface area contributed by atoms with E-state index in [0.29, 0.717) is 6.07 Å². The standard InChI is InChI=1S/C21H12ClF4NO4/c22-17-15(23)5-2-6-16(17)31-18-13(3-1-4-14(18)21(24,25)26)19(28)27-12-9-7-11(8-10-12)20(29)30/h1-10H,(H,27,28)(H,29,30). The van der Waals surface area contributed by atoms with Crippen LogP contribution in [0.25, 0.3) is 0 Å². The van der Waals surface area contributed by atoms with Crippen LogP contribution in [0.15, 0.2) is 60.7 Å². The van der Waals surface area contributed by atoms with E-state index in [0.717, 1.165) is 24.3 Å². The SMILES string of the molecule is O=C(O)c1ccc(NC(=O)c2cccc(C(F)(F)F)c2Oc2cccc(F)c2Cl)cc1. The summed E-state index contributed by atoms with van der Waals surface area (Å²) in [6.07, 6.45) is -4.88. The molecule has 10 heteroatoms. The molecule has 1 amide bonds. The van der Waals surface area contributed by atoms with Crippen LogP contribution in [0.5, 0.6) is 11.5 Å². The van der Waals surface area contributed by atoms with Gasteiger partial charge in [0.05, 0.1) is 16.7 Å². The third-order valence-electron chi connectivity index (χ3n) is 4.08. The molecule has 0 saturated heterocycles. The molecule has 0 saturated carbocycles. The van der Waals surface area contributed by atoms with Crippen LogP contribution in [-0.2, 0) is 6.18 Å². The lowest BCUT2D eigenvalue weighted by Gasteiger charge is -2.18. The monoisotopic (exact) mass is 453 g/mol. The van der Waals surface area contributed by atoms with Gasteiger partial charge in [-0.3, -0.25) is 4.79 Å². The zero-order valence-corrected chi connectivity index (χ0v) is 16.1. The summed E-state index contributed by atoms with van der Waals surface area (Å²) < 4.78 is 59.6. The van der Waals surface area contributed by atoms with E-state index in [2.05, 4.69) is 5.32 Å². The molecule has 0 bridgehead atoms. The Labute approximate surface area is 177 Å². The maximum atomic E-state index is 13.7. The highest BCUT2D eigenvalue weighted by molar-refractivity contribution is 6.32. The Hall–Kier alpha value is -3.59. The van der Waals surface area contributed by atoms with Gasteiger partial charge in [-0.15, -0.1) is 0 Å². The van der Waals surface area contributed by atoms with Crippen LogP contribution < -0.4 is 10.1 Å². The van der Waals surface area contributed by atoms with Gasteiger partial charge in [0.15, 0.2) is 5.75 Å². The van der Waals surface area contributed by atoms with Crippen molar-refractivity contribution in [3.8, 4) is 11.5 Å². The van der Waals surface area contributed by atoms with Crippen LogP contribution in [0, 0.1) is 5.82 Å². The second-order valence-electron chi connectivity index (χ2n) is 6.17. The van der Waals surface area contributed by atoms with Crippen molar-refractivity contribution in [3.63, 3.8) is 0 Å². The number of carbonyl (C=O) groups excluding carboxylic acids is 1. The van der Waals surface area contributed by atoms with Crippen LogP contribution in [0.4, 0.5) is 23.2 Å². The number of para-hydroxylation sites is 1. The molecule has 3 aromatic carbocycles. The fourth-order valence-corrected chi connectivity index (χ4v) is 2.78. The first-order valence-electron chi connectivity index (χ1n) is 8.54. The predicted octanol–water partition coefficient (Wildman–Crippen LogP) is 6.24. The summed E-state index contributed by atoms with van der Waals surface area (Å²) in [5.41, 5.74) is -1.65. The normalized spacial score (nSPS) is 11.1. The van der Waals surface area contributed by atoms with Gasteiger partial charge in [0, 0.05) is 5.69 Å². The third-order valence-corrected chi connectivity index (χ3v) is 4.45. The van der Waals surface area contributed by atoms with Crippen molar-refractivity contribution < 1.29 is 37.0 Å². The zero-order chi connectivity index (χ0) is 22.8. The van der Waals surface area contributed by atoms with Crippen LogP contribution in [-0.4, -0.2) is 17.0 Å². The molecular formula is C21H12ClF4NO4. The minimum atomic E-state index is -4.88. The van der Waals surface area contributed by atoms with Crippen LogP contribution >= 0.6 is 11.6 Å². The Kier molecular flexibility index (Phi) is 6.16. The van der Waals surface area contributed by atoms with E-state index in [1.54, 1.807) is 0 Å². The molecule has 0 spiro atoms. The number of carboxylic acid groups (broad SMARTS) is 1. The summed E-state index contributed by atoms with van der Waals surface area (Å²) in [5.74, 6) is -4.32. The van der Waals surface area contributed by atoms with Gasteiger partial charge in [-0.05, 0) is 48.5 Å². The minimum absolute atomic E-state index is 0.0400. The quantitative estimate of drug-likeness (QED) is 0.448. The Morgan fingerprint density at radius 1 is 0.968 bits per heavy atom. The Bertz CT molecular complexity index is 1150. The largest absolute Gasteiger partial charge is 0.478 e. The van der Waals surface area contributed by atoms with Crippen LogP contribution in [0.2, 0.25) is 5.02 Å². The molecule has 0 aliphatic carbocycles. The van der Waals surface area contributed by atoms with E-state index < -0.39 is 51.5 Å². The molecular weight excluding hydrogens is 442 g/mol. The van der Waals surface area contributed by atoms with Crippen molar-refractivity contribution >= 4 is 29.2 Å². The average Bonchev–Trinajstić information content (AvgIpc) is 2.71. The van der Waals surface area contributed by atoms with E-state index >= 15 is 0 Å². The first-order valence-corrected chi connectivity index (χ1v) is 8.92. The maximum absolute atomic E-state index is 13.7. The minimum Gasteiger partial charge on any atom is -0.478 e. The first kappa shape index (κ1) is 22.1. The van der Waals surface area contributed by atoms with E-state index in [-0.39, 0.29) is 11.3 Å². The van der Waals surface area contributed by atoms with Gasteiger partial charge < -0.3 is 15.2 Å². The van der Waals surface area contributed by atoms with Crippen LogP contribution in [0.1, 0.15) is 26.3 Å². The number of amides is 1.